The standard InChI is InChI=1S/C20H12N2O3/c23-17-9-13(20(24)22-17)18-12-6-1-3-7-15(12)21-19(18)14-10-25-16-8-4-2-5-11(14)16/h1-10,21H,(H,22,23,24). The van der Waals surface area contributed by atoms with E-state index >= 15 is 0 Å². The molecule has 0 atom stereocenters. The van der Waals surface area contributed by atoms with Crippen LogP contribution in [0.3, 0.4) is 0 Å². The molecule has 4 aromatic rings. The highest BCUT2D eigenvalue weighted by Crippen LogP contribution is 2.39. The fraction of sp³-hybridized carbons (Fsp3) is 0. The first-order chi connectivity index (χ1) is 12.2. The molecule has 5 rings (SSSR count). The molecular weight excluding hydrogens is 316 g/mol. The summed E-state index contributed by atoms with van der Waals surface area (Å²) in [6.45, 7) is 0. The fourth-order valence-electron chi connectivity index (χ4n) is 3.39. The summed E-state index contributed by atoms with van der Waals surface area (Å²) >= 11 is 0. The summed E-state index contributed by atoms with van der Waals surface area (Å²) in [5.41, 5.74) is 4.36. The molecule has 5 heteroatoms. The van der Waals surface area contributed by atoms with Crippen LogP contribution in [0, 0.1) is 0 Å². The second-order valence-corrected chi connectivity index (χ2v) is 5.94. The van der Waals surface area contributed by atoms with E-state index in [4.69, 9.17) is 4.42 Å². The molecule has 0 fully saturated rings. The number of rotatable bonds is 2. The quantitative estimate of drug-likeness (QED) is 0.552. The van der Waals surface area contributed by atoms with E-state index in [-0.39, 0.29) is 5.91 Å². The van der Waals surface area contributed by atoms with Gasteiger partial charge in [0.05, 0.1) is 11.3 Å². The molecule has 0 bridgehead atoms. The van der Waals surface area contributed by atoms with E-state index in [1.807, 2.05) is 48.5 Å². The van der Waals surface area contributed by atoms with Crippen molar-refractivity contribution in [1.82, 2.24) is 10.3 Å². The fourth-order valence-corrected chi connectivity index (χ4v) is 3.39. The number of para-hydroxylation sites is 2. The third-order valence-electron chi connectivity index (χ3n) is 4.48. The van der Waals surface area contributed by atoms with Gasteiger partial charge < -0.3 is 9.40 Å². The van der Waals surface area contributed by atoms with E-state index in [1.165, 1.54) is 6.08 Å². The Morgan fingerprint density at radius 2 is 1.64 bits per heavy atom. The summed E-state index contributed by atoms with van der Waals surface area (Å²) in [7, 11) is 0. The van der Waals surface area contributed by atoms with Gasteiger partial charge in [-0.15, -0.1) is 0 Å². The number of hydrogen-bond acceptors (Lipinski definition) is 3. The van der Waals surface area contributed by atoms with Crippen molar-refractivity contribution in [3.8, 4) is 11.3 Å². The van der Waals surface area contributed by atoms with E-state index < -0.39 is 5.91 Å². The number of amides is 2. The summed E-state index contributed by atoms with van der Waals surface area (Å²) in [6, 6.07) is 15.4. The van der Waals surface area contributed by atoms with Gasteiger partial charge in [0.1, 0.15) is 11.8 Å². The van der Waals surface area contributed by atoms with Gasteiger partial charge in [-0.25, -0.2) is 0 Å². The van der Waals surface area contributed by atoms with Crippen molar-refractivity contribution in [2.45, 2.75) is 0 Å². The normalized spacial score (nSPS) is 14.3. The number of aromatic amines is 1. The second-order valence-electron chi connectivity index (χ2n) is 5.94. The summed E-state index contributed by atoms with van der Waals surface area (Å²) < 4.78 is 5.66. The van der Waals surface area contributed by atoms with Gasteiger partial charge in [0.15, 0.2) is 0 Å². The highest BCUT2D eigenvalue weighted by molar-refractivity contribution is 6.36. The third-order valence-corrected chi connectivity index (χ3v) is 4.48. The molecule has 1 aliphatic rings. The number of carbonyl (C=O) groups is 2. The molecule has 2 aromatic heterocycles. The number of imide groups is 1. The lowest BCUT2D eigenvalue weighted by atomic mass is 9.98. The van der Waals surface area contributed by atoms with Crippen molar-refractivity contribution in [3.05, 3.63) is 66.4 Å². The van der Waals surface area contributed by atoms with Crippen LogP contribution in [-0.4, -0.2) is 16.8 Å². The zero-order valence-electron chi connectivity index (χ0n) is 13.0. The van der Waals surface area contributed by atoms with Crippen LogP contribution in [-0.2, 0) is 9.59 Å². The Kier molecular flexibility index (Phi) is 2.73. The van der Waals surface area contributed by atoms with E-state index in [1.54, 1.807) is 6.26 Å². The maximum atomic E-state index is 12.3. The van der Waals surface area contributed by atoms with Crippen molar-refractivity contribution < 1.29 is 14.0 Å². The molecule has 2 aromatic carbocycles. The van der Waals surface area contributed by atoms with E-state index in [0.717, 1.165) is 33.1 Å². The number of benzene rings is 2. The molecule has 1 aliphatic heterocycles. The minimum atomic E-state index is -0.395. The average Bonchev–Trinajstić information content (AvgIpc) is 3.29. The van der Waals surface area contributed by atoms with Crippen LogP contribution in [0.25, 0.3) is 38.7 Å². The Morgan fingerprint density at radius 3 is 2.44 bits per heavy atom. The molecule has 0 spiro atoms. The molecule has 0 radical (unpaired) electrons. The summed E-state index contributed by atoms with van der Waals surface area (Å²) in [5, 5.41) is 4.15. The second kappa shape index (κ2) is 4.95. The third kappa shape index (κ3) is 1.96. The van der Waals surface area contributed by atoms with Crippen molar-refractivity contribution in [3.63, 3.8) is 0 Å². The molecule has 2 N–H and O–H groups in total. The smallest absolute Gasteiger partial charge is 0.259 e. The number of furan rings is 1. The Labute approximate surface area is 141 Å². The number of fused-ring (bicyclic) bond motifs is 2. The molecular formula is C20H12N2O3. The molecule has 2 amide bonds. The Morgan fingerprint density at radius 1 is 0.880 bits per heavy atom. The van der Waals surface area contributed by atoms with Crippen molar-refractivity contribution in [2.75, 3.05) is 0 Å². The van der Waals surface area contributed by atoms with Crippen molar-refractivity contribution in [1.29, 1.82) is 0 Å². The van der Waals surface area contributed by atoms with Crippen molar-refractivity contribution >= 4 is 39.3 Å². The van der Waals surface area contributed by atoms with Gasteiger partial charge in [-0.1, -0.05) is 36.4 Å². The van der Waals surface area contributed by atoms with Crippen LogP contribution in [0.2, 0.25) is 0 Å². The van der Waals surface area contributed by atoms with Gasteiger partial charge in [0, 0.05) is 33.5 Å². The van der Waals surface area contributed by atoms with Crippen LogP contribution >= 0.6 is 0 Å². The van der Waals surface area contributed by atoms with Gasteiger partial charge in [0.25, 0.3) is 11.8 Å². The lowest BCUT2D eigenvalue weighted by Gasteiger charge is -2.03. The molecule has 0 unspecified atom stereocenters. The minimum Gasteiger partial charge on any atom is -0.464 e. The molecule has 5 nitrogen and oxygen atoms in total. The Hall–Kier alpha value is -3.60. The predicted molar refractivity (Wildman–Crippen MR) is 94.6 cm³/mol. The monoisotopic (exact) mass is 328 g/mol. The van der Waals surface area contributed by atoms with Gasteiger partial charge >= 0.3 is 0 Å². The number of carbonyl (C=O) groups excluding carboxylic acids is 2. The van der Waals surface area contributed by atoms with Crippen LogP contribution in [0.1, 0.15) is 5.56 Å². The summed E-state index contributed by atoms with van der Waals surface area (Å²) in [4.78, 5) is 27.3. The molecule has 0 aliphatic carbocycles. The highest BCUT2D eigenvalue weighted by Gasteiger charge is 2.28. The van der Waals surface area contributed by atoms with Gasteiger partial charge in [-0.05, 0) is 12.1 Å². The first kappa shape index (κ1) is 13.8. The highest BCUT2D eigenvalue weighted by atomic mass is 16.3. The van der Waals surface area contributed by atoms with Crippen LogP contribution < -0.4 is 5.32 Å². The number of nitrogens with one attached hydrogen (secondary N) is 2. The largest absolute Gasteiger partial charge is 0.464 e. The maximum Gasteiger partial charge on any atom is 0.259 e. The van der Waals surface area contributed by atoms with Gasteiger partial charge in [-0.2, -0.15) is 0 Å². The lowest BCUT2D eigenvalue weighted by Crippen LogP contribution is -2.21. The van der Waals surface area contributed by atoms with Gasteiger partial charge in [0.2, 0.25) is 0 Å². The number of aromatic nitrogens is 1. The van der Waals surface area contributed by atoms with Gasteiger partial charge in [-0.3, -0.25) is 14.9 Å². The maximum absolute atomic E-state index is 12.3. The Balaban J connectivity index is 1.87. The first-order valence-electron chi connectivity index (χ1n) is 7.87. The average molecular weight is 328 g/mol. The van der Waals surface area contributed by atoms with Crippen LogP contribution in [0.15, 0.2) is 65.3 Å². The van der Waals surface area contributed by atoms with E-state index in [2.05, 4.69) is 10.3 Å². The van der Waals surface area contributed by atoms with Crippen LogP contribution in [0.4, 0.5) is 0 Å². The molecule has 0 saturated heterocycles. The topological polar surface area (TPSA) is 75.1 Å². The summed E-state index contributed by atoms with van der Waals surface area (Å²) in [5.74, 6) is -0.780. The molecule has 25 heavy (non-hydrogen) atoms. The van der Waals surface area contributed by atoms with E-state index in [9.17, 15) is 9.59 Å². The SMILES string of the molecule is O=C1C=C(c2c(-c3coc4ccccc34)[nH]c3ccccc23)C(=O)N1. The van der Waals surface area contributed by atoms with E-state index in [0.29, 0.717) is 11.1 Å². The molecule has 3 heterocycles. The predicted octanol–water partition coefficient (Wildman–Crippen LogP) is 3.62. The van der Waals surface area contributed by atoms with Crippen molar-refractivity contribution in [2.24, 2.45) is 0 Å². The Bertz CT molecular complexity index is 1210. The molecule has 120 valence electrons. The number of hydrogen-bond donors (Lipinski definition) is 2. The minimum absolute atomic E-state index is 0.364. The van der Waals surface area contributed by atoms with Crippen LogP contribution in [0.5, 0.6) is 0 Å². The molecule has 0 saturated carbocycles. The lowest BCUT2D eigenvalue weighted by molar-refractivity contribution is -0.123. The number of H-pyrrole nitrogens is 1. The summed E-state index contributed by atoms with van der Waals surface area (Å²) in [6.07, 6.45) is 3.03. The first-order valence-corrected chi connectivity index (χ1v) is 7.87. The zero-order chi connectivity index (χ0) is 17.0. The zero-order valence-corrected chi connectivity index (χ0v) is 13.0.